The van der Waals surface area contributed by atoms with Crippen LogP contribution in [0.4, 0.5) is 0 Å². The molecule has 0 aliphatic heterocycles. The monoisotopic (exact) mass is 316 g/mol. The van der Waals surface area contributed by atoms with E-state index in [0.717, 1.165) is 72.0 Å². The molecule has 0 rings (SSSR count). The molecule has 22 heavy (non-hydrogen) atoms. The van der Waals surface area contributed by atoms with E-state index in [-0.39, 0.29) is 0 Å². The van der Waals surface area contributed by atoms with E-state index in [1.54, 1.807) is 0 Å². The van der Waals surface area contributed by atoms with E-state index in [1.807, 2.05) is 0 Å². The summed E-state index contributed by atoms with van der Waals surface area (Å²) >= 11 is 0. The highest BCUT2D eigenvalue weighted by Crippen LogP contribution is 1.87. The predicted octanol–water partition coefficient (Wildman–Crippen LogP) is -0.718. The average Bonchev–Trinajstić information content (AvgIpc) is 2.50. The van der Waals surface area contributed by atoms with Crippen molar-refractivity contribution in [1.29, 1.82) is 0 Å². The first-order valence-electron chi connectivity index (χ1n) is 8.64. The summed E-state index contributed by atoms with van der Waals surface area (Å²) in [4.78, 5) is 9.40. The summed E-state index contributed by atoms with van der Waals surface area (Å²) in [5, 5.41) is 3.53. The number of nitrogens with zero attached hydrogens (tertiary/aromatic N) is 4. The molecule has 0 bridgehead atoms. The molecule has 0 heterocycles. The topological polar surface area (TPSA) is 51.0 Å². The third kappa shape index (κ3) is 13.4. The molecule has 3 N–H and O–H groups in total. The minimum atomic E-state index is 0.739. The summed E-state index contributed by atoms with van der Waals surface area (Å²) in [6, 6.07) is 0. The lowest BCUT2D eigenvalue weighted by Gasteiger charge is -2.22. The molecule has 0 atom stereocenters. The highest BCUT2D eigenvalue weighted by atomic mass is 15.2. The molecule has 0 aromatic carbocycles. The van der Waals surface area contributed by atoms with Crippen LogP contribution in [-0.4, -0.2) is 120 Å². The van der Waals surface area contributed by atoms with Crippen LogP contribution >= 0.6 is 0 Å². The molecule has 0 saturated heterocycles. The number of likely N-dealkylation sites (N-methyl/N-ethyl adjacent to an activating group) is 4. The van der Waals surface area contributed by atoms with Crippen LogP contribution in [0.3, 0.4) is 0 Å². The molecule has 0 aliphatic rings. The summed E-state index contributed by atoms with van der Waals surface area (Å²) in [6.07, 6.45) is 0. The zero-order chi connectivity index (χ0) is 16.8. The normalized spacial score (nSPS) is 12.3. The van der Waals surface area contributed by atoms with Gasteiger partial charge in [-0.15, -0.1) is 0 Å². The van der Waals surface area contributed by atoms with E-state index in [4.69, 9.17) is 5.73 Å². The van der Waals surface area contributed by atoms with Crippen molar-refractivity contribution in [3.8, 4) is 0 Å². The average molecular weight is 317 g/mol. The Hall–Kier alpha value is -0.240. The summed E-state index contributed by atoms with van der Waals surface area (Å²) < 4.78 is 0. The van der Waals surface area contributed by atoms with Gasteiger partial charge in [-0.05, 0) is 34.7 Å². The van der Waals surface area contributed by atoms with Crippen LogP contribution < -0.4 is 11.1 Å². The van der Waals surface area contributed by atoms with Gasteiger partial charge in [-0.3, -0.25) is 0 Å². The largest absolute Gasteiger partial charge is 0.329 e. The van der Waals surface area contributed by atoms with Crippen molar-refractivity contribution in [2.24, 2.45) is 5.73 Å². The molecule has 0 radical (unpaired) electrons. The molecule has 0 amide bonds. The molecule has 0 aromatic heterocycles. The molecule has 134 valence electrons. The van der Waals surface area contributed by atoms with Gasteiger partial charge in [0.2, 0.25) is 0 Å². The van der Waals surface area contributed by atoms with Gasteiger partial charge in [0.15, 0.2) is 0 Å². The van der Waals surface area contributed by atoms with Crippen molar-refractivity contribution in [1.82, 2.24) is 24.9 Å². The number of nitrogens with two attached hydrogens (primary N) is 1. The highest BCUT2D eigenvalue weighted by Gasteiger charge is 2.02. The first kappa shape index (κ1) is 21.8. The van der Waals surface area contributed by atoms with Gasteiger partial charge in [0.25, 0.3) is 0 Å². The maximum atomic E-state index is 5.55. The zero-order valence-corrected chi connectivity index (χ0v) is 15.6. The smallest absolute Gasteiger partial charge is 0.0107 e. The van der Waals surface area contributed by atoms with E-state index in [2.05, 4.69) is 60.0 Å². The Balaban J connectivity index is 3.44. The van der Waals surface area contributed by atoms with E-state index in [1.165, 1.54) is 0 Å². The van der Waals surface area contributed by atoms with Gasteiger partial charge in [0.1, 0.15) is 0 Å². The lowest BCUT2D eigenvalue weighted by atomic mass is 10.4. The van der Waals surface area contributed by atoms with Crippen LogP contribution in [0.2, 0.25) is 0 Å². The van der Waals surface area contributed by atoms with Crippen molar-refractivity contribution in [2.75, 3.05) is 100 Å². The molecular weight excluding hydrogens is 276 g/mol. The van der Waals surface area contributed by atoms with E-state index >= 15 is 0 Å². The fraction of sp³-hybridized carbons (Fsp3) is 1.00. The molecule has 0 aliphatic carbocycles. The third-order valence-electron chi connectivity index (χ3n) is 4.12. The minimum Gasteiger partial charge on any atom is -0.329 e. The predicted molar refractivity (Wildman–Crippen MR) is 97.6 cm³/mol. The fourth-order valence-electron chi connectivity index (χ4n) is 2.06. The van der Waals surface area contributed by atoms with Gasteiger partial charge >= 0.3 is 0 Å². The quantitative estimate of drug-likeness (QED) is 0.389. The van der Waals surface area contributed by atoms with Crippen LogP contribution in [0.1, 0.15) is 6.92 Å². The second-order valence-electron chi connectivity index (χ2n) is 6.34. The standard InChI is InChI=1S/C16H40N6/c1-6-19(2)13-14-21(4)11-8-18-9-12-22(5)16-15-20(3)10-7-17/h18H,6-17H2,1-5H3. The van der Waals surface area contributed by atoms with E-state index in [9.17, 15) is 0 Å². The maximum absolute atomic E-state index is 5.55. The van der Waals surface area contributed by atoms with E-state index in [0.29, 0.717) is 0 Å². The molecule has 0 saturated carbocycles. The molecule has 0 spiro atoms. The Labute approximate surface area is 138 Å². The molecule has 6 heteroatoms. The minimum absolute atomic E-state index is 0.739. The van der Waals surface area contributed by atoms with Gasteiger partial charge in [0.05, 0.1) is 0 Å². The number of hydrogen-bond donors (Lipinski definition) is 2. The van der Waals surface area contributed by atoms with Gasteiger partial charge in [-0.2, -0.15) is 0 Å². The molecule has 0 aromatic rings. The summed E-state index contributed by atoms with van der Waals surface area (Å²) in [5.41, 5.74) is 5.55. The third-order valence-corrected chi connectivity index (χ3v) is 4.12. The van der Waals surface area contributed by atoms with Crippen molar-refractivity contribution in [2.45, 2.75) is 6.92 Å². The highest BCUT2D eigenvalue weighted by molar-refractivity contribution is 4.61. The molecule has 0 fully saturated rings. The summed E-state index contributed by atoms with van der Waals surface area (Å²) in [5.74, 6) is 0. The maximum Gasteiger partial charge on any atom is 0.0107 e. The molecule has 6 nitrogen and oxygen atoms in total. The summed E-state index contributed by atoms with van der Waals surface area (Å²) in [7, 11) is 8.69. The Morgan fingerprint density at radius 1 is 0.636 bits per heavy atom. The van der Waals surface area contributed by atoms with Crippen LogP contribution in [0.15, 0.2) is 0 Å². The first-order valence-corrected chi connectivity index (χ1v) is 8.64. The zero-order valence-electron chi connectivity index (χ0n) is 15.6. The lowest BCUT2D eigenvalue weighted by molar-refractivity contribution is 0.251. The van der Waals surface area contributed by atoms with Gasteiger partial charge < -0.3 is 30.7 Å². The lowest BCUT2D eigenvalue weighted by Crippen LogP contribution is -2.38. The molecule has 0 unspecified atom stereocenters. The number of nitrogens with one attached hydrogen (secondary N) is 1. The van der Waals surface area contributed by atoms with Gasteiger partial charge in [0, 0.05) is 65.4 Å². The second-order valence-corrected chi connectivity index (χ2v) is 6.34. The summed E-state index contributed by atoms with van der Waals surface area (Å²) in [6.45, 7) is 13.8. The van der Waals surface area contributed by atoms with Crippen LogP contribution in [0.5, 0.6) is 0 Å². The van der Waals surface area contributed by atoms with Crippen LogP contribution in [0, 0.1) is 0 Å². The van der Waals surface area contributed by atoms with Gasteiger partial charge in [-0.1, -0.05) is 6.92 Å². The first-order chi connectivity index (χ1) is 10.5. The molecular formula is C16H40N6. The Kier molecular flexibility index (Phi) is 14.2. The number of rotatable bonds is 15. The SMILES string of the molecule is CCN(C)CCN(C)CCNCCN(C)CCN(C)CCN. The fourth-order valence-corrected chi connectivity index (χ4v) is 2.06. The van der Waals surface area contributed by atoms with Crippen molar-refractivity contribution >= 4 is 0 Å². The Morgan fingerprint density at radius 3 is 1.45 bits per heavy atom. The van der Waals surface area contributed by atoms with Crippen molar-refractivity contribution in [3.05, 3.63) is 0 Å². The Morgan fingerprint density at radius 2 is 1.05 bits per heavy atom. The number of hydrogen-bond acceptors (Lipinski definition) is 6. The van der Waals surface area contributed by atoms with E-state index < -0.39 is 0 Å². The van der Waals surface area contributed by atoms with Crippen LogP contribution in [0.25, 0.3) is 0 Å². The second kappa shape index (κ2) is 14.4. The van der Waals surface area contributed by atoms with Crippen LogP contribution in [-0.2, 0) is 0 Å². The van der Waals surface area contributed by atoms with Gasteiger partial charge in [-0.25, -0.2) is 0 Å². The Bertz CT molecular complexity index is 239. The van der Waals surface area contributed by atoms with Crippen molar-refractivity contribution < 1.29 is 0 Å². The van der Waals surface area contributed by atoms with Crippen molar-refractivity contribution in [3.63, 3.8) is 0 Å².